The molecule has 3 atom stereocenters. The lowest BCUT2D eigenvalue weighted by Crippen LogP contribution is -2.51. The van der Waals surface area contributed by atoms with Crippen LogP contribution in [0.15, 0.2) is 24.5 Å². The van der Waals surface area contributed by atoms with Crippen molar-refractivity contribution in [2.75, 3.05) is 19.6 Å². The van der Waals surface area contributed by atoms with Gasteiger partial charge in [0, 0.05) is 55.9 Å². The monoisotopic (exact) mass is 444 g/mol. The average Bonchev–Trinajstić information content (AvgIpc) is 3.39. The molecule has 4 nitrogen and oxygen atoms in total. The molecular formula is C29H40N4. The number of fused-ring (bicyclic) bond motifs is 1. The smallest absolute Gasteiger partial charge is 0.0672 e. The van der Waals surface area contributed by atoms with Gasteiger partial charge in [-0.1, -0.05) is 6.07 Å². The van der Waals surface area contributed by atoms with Crippen molar-refractivity contribution in [2.45, 2.75) is 64.7 Å². The van der Waals surface area contributed by atoms with Crippen molar-refractivity contribution in [3.63, 3.8) is 0 Å². The lowest BCUT2D eigenvalue weighted by atomic mass is 9.49. The van der Waals surface area contributed by atoms with Crippen molar-refractivity contribution >= 4 is 0 Å². The highest BCUT2D eigenvalue weighted by atomic mass is 15.2. The number of likely N-dealkylation sites (tertiary alicyclic amines) is 1. The molecule has 5 aliphatic carbocycles. The van der Waals surface area contributed by atoms with E-state index in [0.29, 0.717) is 5.41 Å². The van der Waals surface area contributed by atoms with Crippen molar-refractivity contribution in [2.24, 2.45) is 48.0 Å². The van der Waals surface area contributed by atoms with Gasteiger partial charge >= 0.3 is 0 Å². The molecule has 0 aromatic carbocycles. The molecule has 1 saturated heterocycles. The Kier molecular flexibility index (Phi) is 4.80. The van der Waals surface area contributed by atoms with Crippen molar-refractivity contribution in [1.29, 1.82) is 0 Å². The molecule has 6 fully saturated rings. The minimum Gasteiger partial charge on any atom is -0.302 e. The molecule has 3 heterocycles. The minimum atomic E-state index is 0.713. The maximum absolute atomic E-state index is 4.85. The van der Waals surface area contributed by atoms with E-state index in [1.807, 2.05) is 11.7 Å². The Hall–Kier alpha value is -1.68. The van der Waals surface area contributed by atoms with E-state index < -0.39 is 0 Å². The summed E-state index contributed by atoms with van der Waals surface area (Å²) in [6.07, 6.45) is 17.6. The first-order chi connectivity index (χ1) is 16.0. The molecule has 0 N–H and O–H groups in total. The molecule has 8 rings (SSSR count). The van der Waals surface area contributed by atoms with Crippen LogP contribution in [0.25, 0.3) is 11.1 Å². The molecule has 6 aliphatic rings. The zero-order valence-electron chi connectivity index (χ0n) is 20.5. The van der Waals surface area contributed by atoms with Crippen LogP contribution in [0.3, 0.4) is 0 Å². The predicted molar refractivity (Wildman–Crippen MR) is 132 cm³/mol. The van der Waals surface area contributed by atoms with Gasteiger partial charge in [0.2, 0.25) is 0 Å². The Balaban J connectivity index is 0.947. The minimum absolute atomic E-state index is 0.713. The third kappa shape index (κ3) is 3.77. The van der Waals surface area contributed by atoms with Crippen molar-refractivity contribution in [3.05, 3.63) is 35.9 Å². The molecule has 0 radical (unpaired) electrons. The van der Waals surface area contributed by atoms with E-state index in [9.17, 15) is 0 Å². The van der Waals surface area contributed by atoms with Crippen LogP contribution in [0.1, 0.15) is 62.8 Å². The first kappa shape index (κ1) is 20.7. The van der Waals surface area contributed by atoms with Crippen molar-refractivity contribution < 1.29 is 0 Å². The van der Waals surface area contributed by atoms with E-state index in [0.717, 1.165) is 47.6 Å². The second-order valence-corrected chi connectivity index (χ2v) is 13.0. The molecule has 1 aliphatic heterocycles. The van der Waals surface area contributed by atoms with Gasteiger partial charge in [-0.3, -0.25) is 9.67 Å². The highest BCUT2D eigenvalue weighted by Crippen LogP contribution is 2.60. The van der Waals surface area contributed by atoms with E-state index in [2.05, 4.69) is 41.4 Å². The van der Waals surface area contributed by atoms with E-state index >= 15 is 0 Å². The summed E-state index contributed by atoms with van der Waals surface area (Å²) in [6.45, 7) is 6.28. The standard InChI is InChI=1S/C29H40N4/c1-19-28(17-32(2)31-19)24-3-4-27(30-14-24)10-20-8-25-15-33(16-26(25)9-20)18-29-11-21-5-22(12-29)7-23(6-21)13-29/h3-4,14,17,20-23,25-26H,5-13,15-16,18H2,1-2H3/t20?,21?,22?,23?,25-,26+,29?. The van der Waals surface area contributed by atoms with Gasteiger partial charge in [-0.25, -0.2) is 0 Å². The summed E-state index contributed by atoms with van der Waals surface area (Å²) in [5.41, 5.74) is 5.45. The van der Waals surface area contributed by atoms with Gasteiger partial charge in [0.25, 0.3) is 0 Å². The molecule has 5 saturated carbocycles. The summed E-state index contributed by atoms with van der Waals surface area (Å²) in [5.74, 6) is 5.98. The first-order valence-electron chi connectivity index (χ1n) is 13.7. The largest absolute Gasteiger partial charge is 0.302 e. The van der Waals surface area contributed by atoms with Gasteiger partial charge in [0.05, 0.1) is 5.69 Å². The Labute approximate surface area is 199 Å². The summed E-state index contributed by atoms with van der Waals surface area (Å²) >= 11 is 0. The van der Waals surface area contributed by atoms with Crippen molar-refractivity contribution in [3.8, 4) is 11.1 Å². The Morgan fingerprint density at radius 1 is 0.939 bits per heavy atom. The van der Waals surface area contributed by atoms with Crippen LogP contribution in [-0.2, 0) is 13.5 Å². The molecule has 4 bridgehead atoms. The van der Waals surface area contributed by atoms with Crippen molar-refractivity contribution in [1.82, 2.24) is 19.7 Å². The van der Waals surface area contributed by atoms with Gasteiger partial charge in [0.1, 0.15) is 0 Å². The average molecular weight is 445 g/mol. The fourth-order valence-electron chi connectivity index (χ4n) is 9.66. The van der Waals surface area contributed by atoms with E-state index in [1.165, 1.54) is 49.3 Å². The molecule has 0 amide bonds. The lowest BCUT2D eigenvalue weighted by molar-refractivity contribution is -0.0673. The molecule has 33 heavy (non-hydrogen) atoms. The summed E-state index contributed by atoms with van der Waals surface area (Å²) in [6, 6.07) is 4.50. The fourth-order valence-corrected chi connectivity index (χ4v) is 9.66. The molecule has 2 aromatic heterocycles. The highest BCUT2D eigenvalue weighted by molar-refractivity contribution is 5.64. The molecule has 4 heteroatoms. The summed E-state index contributed by atoms with van der Waals surface area (Å²) in [7, 11) is 1.99. The Morgan fingerprint density at radius 3 is 2.15 bits per heavy atom. The number of hydrogen-bond acceptors (Lipinski definition) is 3. The third-order valence-electron chi connectivity index (χ3n) is 10.3. The van der Waals surface area contributed by atoms with Gasteiger partial charge < -0.3 is 4.90 Å². The quantitative estimate of drug-likeness (QED) is 0.610. The van der Waals surface area contributed by atoms with Crippen LogP contribution in [-0.4, -0.2) is 39.3 Å². The number of rotatable bonds is 5. The topological polar surface area (TPSA) is 34.0 Å². The van der Waals surface area contributed by atoms with Gasteiger partial charge in [-0.05, 0) is 112 Å². The zero-order chi connectivity index (χ0) is 22.2. The van der Waals surface area contributed by atoms with Crippen LogP contribution in [0.4, 0.5) is 0 Å². The predicted octanol–water partition coefficient (Wildman–Crippen LogP) is 5.51. The molecule has 2 aromatic rings. The molecular weight excluding hydrogens is 404 g/mol. The Bertz CT molecular complexity index is 971. The number of pyridine rings is 1. The number of nitrogens with zero attached hydrogens (tertiary/aromatic N) is 4. The summed E-state index contributed by atoms with van der Waals surface area (Å²) < 4.78 is 1.89. The second-order valence-electron chi connectivity index (χ2n) is 13.0. The third-order valence-corrected chi connectivity index (χ3v) is 10.3. The molecule has 0 spiro atoms. The number of hydrogen-bond donors (Lipinski definition) is 0. The fraction of sp³-hybridized carbons (Fsp3) is 0.724. The van der Waals surface area contributed by atoms with Crippen LogP contribution in [0.2, 0.25) is 0 Å². The normalized spacial score (nSPS) is 39.5. The van der Waals surface area contributed by atoms with Crippen LogP contribution in [0, 0.1) is 47.8 Å². The zero-order valence-corrected chi connectivity index (χ0v) is 20.5. The maximum Gasteiger partial charge on any atom is 0.0672 e. The van der Waals surface area contributed by atoms with Gasteiger partial charge in [-0.15, -0.1) is 0 Å². The SMILES string of the molecule is Cc1nn(C)cc1-c1ccc(CC2C[C@@H]3CN(CC45CC6CC(CC(C6)C4)C5)C[C@@H]3C2)nc1. The van der Waals surface area contributed by atoms with E-state index in [1.54, 1.807) is 38.5 Å². The second kappa shape index (κ2) is 7.66. The van der Waals surface area contributed by atoms with Crippen LogP contribution in [0.5, 0.6) is 0 Å². The Morgan fingerprint density at radius 2 is 1.61 bits per heavy atom. The van der Waals surface area contributed by atoms with Crippen LogP contribution >= 0.6 is 0 Å². The molecule has 176 valence electrons. The van der Waals surface area contributed by atoms with E-state index in [-0.39, 0.29) is 0 Å². The van der Waals surface area contributed by atoms with E-state index in [4.69, 9.17) is 4.98 Å². The number of aromatic nitrogens is 3. The highest BCUT2D eigenvalue weighted by Gasteiger charge is 2.52. The van der Waals surface area contributed by atoms with Crippen LogP contribution < -0.4 is 0 Å². The summed E-state index contributed by atoms with van der Waals surface area (Å²) in [4.78, 5) is 7.77. The molecule has 1 unspecified atom stereocenters. The van der Waals surface area contributed by atoms with Gasteiger partial charge in [0.15, 0.2) is 0 Å². The summed E-state index contributed by atoms with van der Waals surface area (Å²) in [5, 5.41) is 4.48. The number of aryl methyl sites for hydroxylation is 2. The first-order valence-corrected chi connectivity index (χ1v) is 13.7. The van der Waals surface area contributed by atoms with Gasteiger partial charge in [-0.2, -0.15) is 5.10 Å². The maximum atomic E-state index is 4.85. The lowest BCUT2D eigenvalue weighted by Gasteiger charge is -2.57.